The van der Waals surface area contributed by atoms with Gasteiger partial charge in [0.05, 0.1) is 28.2 Å². The summed E-state index contributed by atoms with van der Waals surface area (Å²) in [6.07, 6.45) is 7.82. The average Bonchev–Trinajstić information content (AvgIpc) is 3.27. The minimum Gasteiger partial charge on any atom is -0.489 e. The maximum absolute atomic E-state index is 9.71. The molecule has 0 bridgehead atoms. The molecule has 6 nitrogen and oxygen atoms in total. The quantitative estimate of drug-likeness (QED) is 0.444. The Morgan fingerprint density at radius 3 is 2.94 bits per heavy atom. The minimum atomic E-state index is -0.0206. The van der Waals surface area contributed by atoms with Crippen LogP contribution in [0.25, 0.3) is 11.0 Å². The second-order valence-corrected chi connectivity index (χ2v) is 9.04. The molecule has 8 heteroatoms. The van der Waals surface area contributed by atoms with E-state index in [0.717, 1.165) is 73.0 Å². The van der Waals surface area contributed by atoms with Gasteiger partial charge in [0, 0.05) is 18.2 Å². The first-order valence-electron chi connectivity index (χ1n) is 11.1. The van der Waals surface area contributed by atoms with Gasteiger partial charge < -0.3 is 9.47 Å². The fourth-order valence-electron chi connectivity index (χ4n) is 4.86. The van der Waals surface area contributed by atoms with Crippen LogP contribution in [0.5, 0.6) is 5.75 Å². The third-order valence-corrected chi connectivity index (χ3v) is 6.91. The topological polar surface area (TPSA) is 73.0 Å². The zero-order valence-electron chi connectivity index (χ0n) is 17.7. The zero-order chi connectivity index (χ0) is 22.1. The molecule has 0 saturated carbocycles. The lowest BCUT2D eigenvalue weighted by molar-refractivity contribution is -0.0366. The Morgan fingerprint density at radius 1 is 1.25 bits per heavy atom. The number of fused-ring (bicyclic) bond motifs is 2. The van der Waals surface area contributed by atoms with Crippen molar-refractivity contribution in [1.82, 2.24) is 14.8 Å². The molecule has 5 rings (SSSR count). The van der Waals surface area contributed by atoms with E-state index in [4.69, 9.17) is 37.7 Å². The summed E-state index contributed by atoms with van der Waals surface area (Å²) >= 11 is 12.5. The van der Waals surface area contributed by atoms with Crippen molar-refractivity contribution in [3.63, 3.8) is 0 Å². The summed E-state index contributed by atoms with van der Waals surface area (Å²) < 4.78 is 13.6. The van der Waals surface area contributed by atoms with Crippen LogP contribution in [0.2, 0.25) is 5.02 Å². The maximum Gasteiger partial charge on any atom is 0.155 e. The number of ether oxygens (including phenoxy) is 2. The third-order valence-electron chi connectivity index (χ3n) is 6.36. The first kappa shape index (κ1) is 21.5. The number of halogens is 2. The van der Waals surface area contributed by atoms with Gasteiger partial charge in [0.25, 0.3) is 0 Å². The highest BCUT2D eigenvalue weighted by Gasteiger charge is 2.29. The summed E-state index contributed by atoms with van der Waals surface area (Å²) in [5.41, 5.74) is 5.35. The number of nitriles is 1. The highest BCUT2D eigenvalue weighted by molar-refractivity contribution is 6.33. The minimum absolute atomic E-state index is 0.0206. The van der Waals surface area contributed by atoms with E-state index in [0.29, 0.717) is 28.8 Å². The van der Waals surface area contributed by atoms with E-state index in [1.54, 1.807) is 0 Å². The lowest BCUT2D eigenvalue weighted by atomic mass is 9.79. The van der Waals surface area contributed by atoms with E-state index in [2.05, 4.69) is 23.3 Å². The van der Waals surface area contributed by atoms with Gasteiger partial charge in [0.2, 0.25) is 0 Å². The normalized spacial score (nSPS) is 20.7. The SMILES string of the molecule is N#Cc1cc2c(c(Cl)c1OCCCl)CCCC2c1ccc2c(cnn2C2CCCCO2)n1. The summed E-state index contributed by atoms with van der Waals surface area (Å²) in [7, 11) is 0. The molecule has 1 saturated heterocycles. The molecule has 2 aliphatic rings. The molecule has 2 atom stereocenters. The molecular formula is C24H24Cl2N4O2. The van der Waals surface area contributed by atoms with Gasteiger partial charge >= 0.3 is 0 Å². The van der Waals surface area contributed by atoms with Gasteiger partial charge in [0.15, 0.2) is 12.0 Å². The Kier molecular flexibility index (Phi) is 6.23. The van der Waals surface area contributed by atoms with Crippen LogP contribution >= 0.6 is 23.2 Å². The van der Waals surface area contributed by atoms with Crippen LogP contribution in [0, 0.1) is 11.3 Å². The van der Waals surface area contributed by atoms with Crippen molar-refractivity contribution in [2.24, 2.45) is 0 Å². The third kappa shape index (κ3) is 3.83. The van der Waals surface area contributed by atoms with E-state index < -0.39 is 0 Å². The number of rotatable bonds is 5. The Bertz CT molecular complexity index is 1180. The Balaban J connectivity index is 1.52. The summed E-state index contributed by atoms with van der Waals surface area (Å²) in [4.78, 5) is 4.96. The molecule has 0 spiro atoms. The molecular weight excluding hydrogens is 447 g/mol. The predicted molar refractivity (Wildman–Crippen MR) is 124 cm³/mol. The number of aromatic nitrogens is 3. The fraction of sp³-hybridized carbons (Fsp3) is 0.458. The van der Waals surface area contributed by atoms with Crippen LogP contribution in [0.3, 0.4) is 0 Å². The van der Waals surface area contributed by atoms with Gasteiger partial charge in [0.1, 0.15) is 18.2 Å². The molecule has 1 aliphatic heterocycles. The summed E-state index contributed by atoms with van der Waals surface area (Å²) in [5.74, 6) is 0.847. The van der Waals surface area contributed by atoms with Crippen LogP contribution < -0.4 is 4.74 Å². The van der Waals surface area contributed by atoms with Crippen LogP contribution in [-0.2, 0) is 11.2 Å². The summed E-state index contributed by atoms with van der Waals surface area (Å²) in [6, 6.07) is 8.31. The number of benzene rings is 1. The van der Waals surface area contributed by atoms with E-state index in [9.17, 15) is 5.26 Å². The lowest BCUT2D eigenvalue weighted by Gasteiger charge is -2.27. The molecule has 0 amide bonds. The second-order valence-electron chi connectivity index (χ2n) is 8.28. The van der Waals surface area contributed by atoms with Crippen LogP contribution in [0.15, 0.2) is 24.4 Å². The van der Waals surface area contributed by atoms with Crippen LogP contribution in [0.4, 0.5) is 0 Å². The van der Waals surface area contributed by atoms with Crippen molar-refractivity contribution in [3.8, 4) is 11.8 Å². The van der Waals surface area contributed by atoms with Gasteiger partial charge in [-0.15, -0.1) is 11.6 Å². The van der Waals surface area contributed by atoms with Crippen LogP contribution in [-0.4, -0.2) is 33.9 Å². The van der Waals surface area contributed by atoms with Crippen molar-refractivity contribution in [1.29, 1.82) is 5.26 Å². The highest BCUT2D eigenvalue weighted by Crippen LogP contribution is 2.44. The van der Waals surface area contributed by atoms with Crippen molar-refractivity contribution in [3.05, 3.63) is 51.8 Å². The Morgan fingerprint density at radius 2 is 2.16 bits per heavy atom. The molecule has 1 aromatic carbocycles. The zero-order valence-corrected chi connectivity index (χ0v) is 19.2. The van der Waals surface area contributed by atoms with Gasteiger partial charge in [-0.2, -0.15) is 10.4 Å². The van der Waals surface area contributed by atoms with Crippen LogP contribution in [0.1, 0.15) is 66.6 Å². The first-order chi connectivity index (χ1) is 15.7. The lowest BCUT2D eigenvalue weighted by Crippen LogP contribution is -2.19. The van der Waals surface area contributed by atoms with E-state index in [1.165, 1.54) is 0 Å². The highest BCUT2D eigenvalue weighted by atomic mass is 35.5. The Labute approximate surface area is 197 Å². The standard InChI is InChI=1S/C24H24Cl2N4O2/c25-9-11-32-24-15(13-27)12-18-16(4-3-5-17(18)23(24)26)19-7-8-21-20(29-19)14-28-30(21)22-6-1-2-10-31-22/h7-8,12,14,16,22H,1-6,9-11H2. The van der Waals surface area contributed by atoms with Crippen molar-refractivity contribution in [2.75, 3.05) is 19.1 Å². The van der Waals surface area contributed by atoms with E-state index in [1.807, 2.05) is 16.9 Å². The van der Waals surface area contributed by atoms with Gasteiger partial charge in [-0.3, -0.25) is 0 Å². The molecule has 1 fully saturated rings. The van der Waals surface area contributed by atoms with E-state index >= 15 is 0 Å². The van der Waals surface area contributed by atoms with E-state index in [-0.39, 0.29) is 12.1 Å². The number of alkyl halides is 1. The molecule has 0 radical (unpaired) electrons. The summed E-state index contributed by atoms with van der Waals surface area (Å²) in [6.45, 7) is 1.08. The molecule has 3 heterocycles. The monoisotopic (exact) mass is 470 g/mol. The average molecular weight is 471 g/mol. The van der Waals surface area contributed by atoms with Gasteiger partial charge in [-0.25, -0.2) is 9.67 Å². The largest absolute Gasteiger partial charge is 0.489 e. The second kappa shape index (κ2) is 9.27. The fourth-order valence-corrected chi connectivity index (χ4v) is 5.29. The molecule has 3 aromatic rings. The first-order valence-corrected chi connectivity index (χ1v) is 12.0. The van der Waals surface area contributed by atoms with Crippen molar-refractivity contribution in [2.45, 2.75) is 50.7 Å². The molecule has 2 unspecified atom stereocenters. The molecule has 0 N–H and O–H groups in total. The Hall–Kier alpha value is -2.33. The number of pyridine rings is 1. The molecule has 1 aliphatic carbocycles. The smallest absolute Gasteiger partial charge is 0.155 e. The van der Waals surface area contributed by atoms with Crippen molar-refractivity contribution >= 4 is 34.2 Å². The van der Waals surface area contributed by atoms with Gasteiger partial charge in [-0.05, 0) is 67.9 Å². The molecule has 166 valence electrons. The molecule has 32 heavy (non-hydrogen) atoms. The maximum atomic E-state index is 9.71. The van der Waals surface area contributed by atoms with Crippen molar-refractivity contribution < 1.29 is 9.47 Å². The summed E-state index contributed by atoms with van der Waals surface area (Å²) in [5, 5.41) is 14.8. The predicted octanol–water partition coefficient (Wildman–Crippen LogP) is 5.74. The number of hydrogen-bond acceptors (Lipinski definition) is 5. The molecule has 2 aromatic heterocycles. The number of nitrogens with zero attached hydrogens (tertiary/aromatic N) is 4. The van der Waals surface area contributed by atoms with Gasteiger partial charge in [-0.1, -0.05) is 11.6 Å². The number of hydrogen-bond donors (Lipinski definition) is 0.